The number of aliphatic imine (C=N–C) groups is 1. The number of halogens is 2. The number of nitrogens with zero attached hydrogens (tertiary/aromatic N) is 1. The molecule has 0 aliphatic heterocycles. The van der Waals surface area contributed by atoms with E-state index in [4.69, 9.17) is 28.9 Å². The fourth-order valence-corrected chi connectivity index (χ4v) is 2.06. The van der Waals surface area contributed by atoms with Crippen LogP contribution in [-0.4, -0.2) is 17.2 Å². The quantitative estimate of drug-likeness (QED) is 0.500. The largest absolute Gasteiger partial charge is 0.506 e. The number of aliphatic hydroxyl groups excluding tert-OH is 1. The lowest BCUT2D eigenvalue weighted by molar-refractivity contribution is -0.114. The second-order valence-corrected chi connectivity index (χ2v) is 5.18. The molecule has 0 heterocycles. The molecule has 2 aromatic carbocycles. The Labute approximate surface area is 137 Å². The molecule has 0 aliphatic rings. The van der Waals surface area contributed by atoms with Crippen molar-refractivity contribution in [1.29, 1.82) is 0 Å². The lowest BCUT2D eigenvalue weighted by Gasteiger charge is -2.06. The highest BCUT2D eigenvalue weighted by Crippen LogP contribution is 2.24. The van der Waals surface area contributed by atoms with Gasteiger partial charge in [0.1, 0.15) is 5.76 Å². The van der Waals surface area contributed by atoms with Crippen LogP contribution in [0.2, 0.25) is 10.0 Å². The third kappa shape index (κ3) is 3.87. The summed E-state index contributed by atoms with van der Waals surface area (Å²) in [7, 11) is 0. The van der Waals surface area contributed by atoms with E-state index in [1.54, 1.807) is 48.5 Å². The molecule has 0 aliphatic carbocycles. The number of rotatable bonds is 4. The van der Waals surface area contributed by atoms with Gasteiger partial charge in [-0.3, -0.25) is 9.79 Å². The predicted octanol–water partition coefficient (Wildman–Crippen LogP) is 4.15. The van der Waals surface area contributed by atoms with Crippen LogP contribution < -0.4 is 5.73 Å². The summed E-state index contributed by atoms with van der Waals surface area (Å²) in [4.78, 5) is 15.6. The first-order chi connectivity index (χ1) is 10.5. The molecule has 0 bridgehead atoms. The van der Waals surface area contributed by atoms with E-state index < -0.39 is 5.91 Å². The van der Waals surface area contributed by atoms with E-state index in [0.717, 1.165) is 0 Å². The second kappa shape index (κ2) is 7.11. The number of hydrogen-bond donors (Lipinski definition) is 2. The molecule has 3 N–H and O–H groups in total. The fourth-order valence-electron chi connectivity index (χ4n) is 1.71. The highest BCUT2D eigenvalue weighted by Gasteiger charge is 2.14. The van der Waals surface area contributed by atoms with Crippen molar-refractivity contribution in [3.8, 4) is 0 Å². The third-order valence-electron chi connectivity index (χ3n) is 2.82. The molecule has 2 rings (SSSR count). The Hall–Kier alpha value is -2.30. The molecule has 2 aromatic rings. The fraction of sp³-hybridized carbons (Fsp3) is 0. The maximum atomic E-state index is 11.5. The van der Waals surface area contributed by atoms with Crippen LogP contribution in [0.1, 0.15) is 5.56 Å². The molecule has 0 radical (unpaired) electrons. The smallest absolute Gasteiger partial charge is 0.254 e. The normalized spacial score (nSPS) is 12.3. The highest BCUT2D eigenvalue weighted by atomic mass is 35.5. The third-order valence-corrected chi connectivity index (χ3v) is 3.40. The van der Waals surface area contributed by atoms with Crippen molar-refractivity contribution in [3.63, 3.8) is 0 Å². The van der Waals surface area contributed by atoms with Gasteiger partial charge >= 0.3 is 0 Å². The van der Waals surface area contributed by atoms with Crippen LogP contribution in [0.15, 0.2) is 59.1 Å². The predicted molar refractivity (Wildman–Crippen MR) is 89.8 cm³/mol. The zero-order valence-electron chi connectivity index (χ0n) is 11.3. The molecule has 0 atom stereocenters. The molecular weight excluding hydrogens is 323 g/mol. The molecule has 0 unspecified atom stereocenters. The summed E-state index contributed by atoms with van der Waals surface area (Å²) < 4.78 is 0. The van der Waals surface area contributed by atoms with E-state index >= 15 is 0 Å². The molecule has 112 valence electrons. The Morgan fingerprint density at radius 1 is 1.09 bits per heavy atom. The Morgan fingerprint density at radius 2 is 1.73 bits per heavy atom. The first-order valence-corrected chi connectivity index (χ1v) is 7.02. The Morgan fingerprint density at radius 3 is 2.32 bits per heavy atom. The Bertz CT molecular complexity index is 753. The summed E-state index contributed by atoms with van der Waals surface area (Å²) in [6.45, 7) is 0. The van der Waals surface area contributed by atoms with E-state index in [-0.39, 0.29) is 11.3 Å². The number of primary amides is 1. The van der Waals surface area contributed by atoms with Crippen LogP contribution in [0, 0.1) is 0 Å². The first kappa shape index (κ1) is 16.1. The molecule has 0 saturated carbocycles. The zero-order chi connectivity index (χ0) is 16.1. The van der Waals surface area contributed by atoms with E-state index in [1.807, 2.05) is 0 Å². The van der Waals surface area contributed by atoms with Gasteiger partial charge in [0.15, 0.2) is 0 Å². The standard InChI is InChI=1S/C16H12Cl2N2O2/c17-10-5-7-11(8-6-10)20-9-13(16(19)22)15(21)12-3-1-2-4-14(12)18/h1-9,21H,(H2,19,22)/b15-13+,20-9?. The summed E-state index contributed by atoms with van der Waals surface area (Å²) >= 11 is 11.8. The highest BCUT2D eigenvalue weighted by molar-refractivity contribution is 6.32. The van der Waals surface area contributed by atoms with E-state index in [0.29, 0.717) is 21.3 Å². The molecule has 0 aromatic heterocycles. The van der Waals surface area contributed by atoms with Gasteiger partial charge in [0.25, 0.3) is 5.91 Å². The number of carbonyl (C=O) groups is 1. The van der Waals surface area contributed by atoms with Crippen molar-refractivity contribution in [1.82, 2.24) is 0 Å². The average Bonchev–Trinajstić information content (AvgIpc) is 2.49. The van der Waals surface area contributed by atoms with Crippen molar-refractivity contribution in [2.45, 2.75) is 0 Å². The first-order valence-electron chi connectivity index (χ1n) is 6.26. The molecule has 4 nitrogen and oxygen atoms in total. The van der Waals surface area contributed by atoms with E-state index in [2.05, 4.69) is 4.99 Å². The van der Waals surface area contributed by atoms with E-state index in [1.165, 1.54) is 6.21 Å². The SMILES string of the molecule is NC(=O)/C(C=Nc1ccc(Cl)cc1)=C(/O)c1ccccc1Cl. The number of amides is 1. The maximum absolute atomic E-state index is 11.5. The van der Waals surface area contributed by atoms with Gasteiger partial charge < -0.3 is 10.8 Å². The van der Waals surface area contributed by atoms with Gasteiger partial charge in [-0.1, -0.05) is 35.3 Å². The van der Waals surface area contributed by atoms with Crippen LogP contribution in [-0.2, 0) is 4.79 Å². The summed E-state index contributed by atoms with van der Waals surface area (Å²) in [5, 5.41) is 11.1. The van der Waals surface area contributed by atoms with Crippen LogP contribution in [0.25, 0.3) is 5.76 Å². The van der Waals surface area contributed by atoms with Crippen molar-refractivity contribution < 1.29 is 9.90 Å². The van der Waals surface area contributed by atoms with Crippen molar-refractivity contribution in [2.24, 2.45) is 10.7 Å². The van der Waals surface area contributed by atoms with Gasteiger partial charge in [-0.15, -0.1) is 0 Å². The molecule has 0 saturated heterocycles. The van der Waals surface area contributed by atoms with Crippen molar-refractivity contribution in [2.75, 3.05) is 0 Å². The van der Waals surface area contributed by atoms with Crippen LogP contribution in [0.3, 0.4) is 0 Å². The minimum absolute atomic E-state index is 0.136. The number of benzene rings is 2. The van der Waals surface area contributed by atoms with Gasteiger partial charge in [0.05, 0.1) is 16.3 Å². The summed E-state index contributed by atoms with van der Waals surface area (Å²) in [6, 6.07) is 13.2. The van der Waals surface area contributed by atoms with Gasteiger partial charge in [0, 0.05) is 16.8 Å². The van der Waals surface area contributed by atoms with Gasteiger partial charge in [-0.2, -0.15) is 0 Å². The van der Waals surface area contributed by atoms with Crippen molar-refractivity contribution >= 4 is 46.8 Å². The zero-order valence-corrected chi connectivity index (χ0v) is 12.8. The van der Waals surface area contributed by atoms with Gasteiger partial charge in [0.2, 0.25) is 0 Å². The maximum Gasteiger partial charge on any atom is 0.254 e. The lowest BCUT2D eigenvalue weighted by Crippen LogP contribution is -2.16. The minimum atomic E-state index is -0.810. The van der Waals surface area contributed by atoms with Crippen LogP contribution in [0.5, 0.6) is 0 Å². The molecule has 6 heteroatoms. The van der Waals surface area contributed by atoms with Crippen LogP contribution in [0.4, 0.5) is 5.69 Å². The molecule has 22 heavy (non-hydrogen) atoms. The lowest BCUT2D eigenvalue weighted by atomic mass is 10.1. The van der Waals surface area contributed by atoms with E-state index in [9.17, 15) is 9.90 Å². The van der Waals surface area contributed by atoms with Crippen LogP contribution >= 0.6 is 23.2 Å². The molecule has 1 amide bonds. The second-order valence-electron chi connectivity index (χ2n) is 4.34. The summed E-state index contributed by atoms with van der Waals surface area (Å²) in [5.41, 5.74) is 6.04. The summed E-state index contributed by atoms with van der Waals surface area (Å²) in [6.07, 6.45) is 1.20. The minimum Gasteiger partial charge on any atom is -0.506 e. The monoisotopic (exact) mass is 334 g/mol. The number of carbonyl (C=O) groups excluding carboxylic acids is 1. The molecular formula is C16H12Cl2N2O2. The topological polar surface area (TPSA) is 75.7 Å². The molecule has 0 spiro atoms. The van der Waals surface area contributed by atoms with Gasteiger partial charge in [-0.05, 0) is 36.4 Å². The van der Waals surface area contributed by atoms with Gasteiger partial charge in [-0.25, -0.2) is 0 Å². The number of aliphatic hydroxyl groups is 1. The Kier molecular flexibility index (Phi) is 5.20. The van der Waals surface area contributed by atoms with Crippen molar-refractivity contribution in [3.05, 3.63) is 69.7 Å². The number of hydrogen-bond acceptors (Lipinski definition) is 3. The summed E-state index contributed by atoms with van der Waals surface area (Å²) in [5.74, 6) is -1.13. The Balaban J connectivity index is 2.42. The average molecular weight is 335 g/mol. The molecule has 0 fully saturated rings. The number of nitrogens with two attached hydrogens (primary N) is 1.